The molecular weight excluding hydrogens is 196 g/mol. The van der Waals surface area contributed by atoms with Crippen LogP contribution in [-0.4, -0.2) is 27.8 Å². The van der Waals surface area contributed by atoms with Crippen molar-refractivity contribution in [2.75, 3.05) is 12.0 Å². The molecule has 0 spiro atoms. The van der Waals surface area contributed by atoms with Crippen molar-refractivity contribution >= 4 is 11.8 Å². The molecule has 0 bridgehead atoms. The average molecular weight is 214 g/mol. The fourth-order valence-electron chi connectivity index (χ4n) is 1.33. The van der Waals surface area contributed by atoms with E-state index in [0.29, 0.717) is 6.04 Å². The third-order valence-corrected chi connectivity index (χ3v) is 2.77. The number of nitrogens with one attached hydrogen (secondary N) is 1. The van der Waals surface area contributed by atoms with E-state index in [0.717, 1.165) is 24.3 Å². The Labute approximate surface area is 89.2 Å². The third-order valence-electron chi connectivity index (χ3n) is 2.13. The summed E-state index contributed by atoms with van der Waals surface area (Å²) in [5.41, 5.74) is 3.93. The Kier molecular flexibility index (Phi) is 5.00. The lowest BCUT2D eigenvalue weighted by atomic mass is 10.1. The zero-order valence-electron chi connectivity index (χ0n) is 8.73. The molecule has 0 fully saturated rings. The SMILES string of the molecule is CSCCC(Cc1ccn(C)n1)NN. The maximum atomic E-state index is 5.47. The number of rotatable bonds is 6. The van der Waals surface area contributed by atoms with E-state index >= 15 is 0 Å². The highest BCUT2D eigenvalue weighted by atomic mass is 32.2. The standard InChI is InChI=1S/C9H18N4S/c1-13-5-3-9(12-13)7-8(11-10)4-6-14-2/h3,5,8,11H,4,6-7,10H2,1-2H3. The second kappa shape index (κ2) is 6.06. The van der Waals surface area contributed by atoms with Crippen LogP contribution in [-0.2, 0) is 13.5 Å². The van der Waals surface area contributed by atoms with E-state index in [1.54, 1.807) is 0 Å². The summed E-state index contributed by atoms with van der Waals surface area (Å²) in [5.74, 6) is 6.60. The number of nitrogens with two attached hydrogens (primary N) is 1. The molecule has 5 heteroatoms. The Morgan fingerprint density at radius 3 is 3.00 bits per heavy atom. The van der Waals surface area contributed by atoms with Crippen molar-refractivity contribution < 1.29 is 0 Å². The summed E-state index contributed by atoms with van der Waals surface area (Å²) in [4.78, 5) is 0. The molecule has 0 aliphatic carbocycles. The smallest absolute Gasteiger partial charge is 0.0640 e. The number of aromatic nitrogens is 2. The van der Waals surface area contributed by atoms with Crippen LogP contribution in [0.25, 0.3) is 0 Å². The van der Waals surface area contributed by atoms with Crippen LogP contribution in [0.1, 0.15) is 12.1 Å². The van der Waals surface area contributed by atoms with E-state index < -0.39 is 0 Å². The van der Waals surface area contributed by atoms with Gasteiger partial charge in [-0.25, -0.2) is 0 Å². The Bertz CT molecular complexity index is 261. The minimum atomic E-state index is 0.331. The van der Waals surface area contributed by atoms with Gasteiger partial charge in [0.1, 0.15) is 0 Å². The summed E-state index contributed by atoms with van der Waals surface area (Å²) in [5, 5.41) is 4.32. The van der Waals surface area contributed by atoms with Crippen molar-refractivity contribution in [1.82, 2.24) is 15.2 Å². The third kappa shape index (κ3) is 3.69. The summed E-state index contributed by atoms with van der Waals surface area (Å²) in [6, 6.07) is 2.36. The quantitative estimate of drug-likeness (QED) is 0.536. The molecule has 80 valence electrons. The van der Waals surface area contributed by atoms with Gasteiger partial charge in [0.05, 0.1) is 5.69 Å². The zero-order chi connectivity index (χ0) is 10.4. The van der Waals surface area contributed by atoms with Gasteiger partial charge in [-0.1, -0.05) is 0 Å². The molecule has 0 aromatic carbocycles. The number of aryl methyl sites for hydroxylation is 1. The summed E-state index contributed by atoms with van der Waals surface area (Å²) in [7, 11) is 1.93. The van der Waals surface area contributed by atoms with E-state index in [9.17, 15) is 0 Å². The summed E-state index contributed by atoms with van der Waals surface area (Å²) in [6.45, 7) is 0. The number of hydrazine groups is 1. The maximum absolute atomic E-state index is 5.47. The number of thioether (sulfide) groups is 1. The highest BCUT2D eigenvalue weighted by molar-refractivity contribution is 7.98. The van der Waals surface area contributed by atoms with Crippen LogP contribution in [0, 0.1) is 0 Å². The number of hydrogen-bond acceptors (Lipinski definition) is 4. The van der Waals surface area contributed by atoms with Gasteiger partial charge in [0.15, 0.2) is 0 Å². The molecule has 0 aliphatic rings. The summed E-state index contributed by atoms with van der Waals surface area (Å²) < 4.78 is 1.82. The molecular formula is C9H18N4S. The molecule has 0 saturated heterocycles. The van der Waals surface area contributed by atoms with E-state index in [2.05, 4.69) is 16.8 Å². The van der Waals surface area contributed by atoms with Crippen LogP contribution in [0.15, 0.2) is 12.3 Å². The Hall–Kier alpha value is -0.520. The summed E-state index contributed by atoms with van der Waals surface area (Å²) >= 11 is 1.84. The van der Waals surface area contributed by atoms with Gasteiger partial charge in [0.25, 0.3) is 0 Å². The molecule has 1 unspecified atom stereocenters. The molecule has 14 heavy (non-hydrogen) atoms. The average Bonchev–Trinajstić information content (AvgIpc) is 2.58. The van der Waals surface area contributed by atoms with Gasteiger partial charge in [0, 0.05) is 25.7 Å². The first-order chi connectivity index (χ1) is 6.76. The first-order valence-electron chi connectivity index (χ1n) is 4.70. The lowest BCUT2D eigenvalue weighted by Crippen LogP contribution is -2.37. The second-order valence-corrected chi connectivity index (χ2v) is 4.32. The van der Waals surface area contributed by atoms with Crippen LogP contribution in [0.2, 0.25) is 0 Å². The van der Waals surface area contributed by atoms with Crippen molar-refractivity contribution in [2.24, 2.45) is 12.9 Å². The molecule has 1 rings (SSSR count). The van der Waals surface area contributed by atoms with Crippen LogP contribution < -0.4 is 11.3 Å². The van der Waals surface area contributed by atoms with Gasteiger partial charge in [0.2, 0.25) is 0 Å². The van der Waals surface area contributed by atoms with E-state index in [4.69, 9.17) is 5.84 Å². The van der Waals surface area contributed by atoms with E-state index in [-0.39, 0.29) is 0 Å². The molecule has 0 saturated carbocycles. The van der Waals surface area contributed by atoms with E-state index in [1.165, 1.54) is 0 Å². The first-order valence-corrected chi connectivity index (χ1v) is 6.09. The van der Waals surface area contributed by atoms with Crippen molar-refractivity contribution in [1.29, 1.82) is 0 Å². The molecule has 1 atom stereocenters. The number of nitrogens with zero attached hydrogens (tertiary/aromatic N) is 2. The van der Waals surface area contributed by atoms with Crippen molar-refractivity contribution in [3.63, 3.8) is 0 Å². The highest BCUT2D eigenvalue weighted by Gasteiger charge is 2.08. The number of hydrogen-bond donors (Lipinski definition) is 2. The molecule has 1 aromatic rings. The molecule has 1 heterocycles. The molecule has 3 N–H and O–H groups in total. The van der Waals surface area contributed by atoms with Gasteiger partial charge in [-0.05, 0) is 24.5 Å². The fourth-order valence-corrected chi connectivity index (χ4v) is 1.85. The van der Waals surface area contributed by atoms with E-state index in [1.807, 2.05) is 35.8 Å². The lowest BCUT2D eigenvalue weighted by Gasteiger charge is -2.13. The Morgan fingerprint density at radius 2 is 2.50 bits per heavy atom. The minimum Gasteiger partial charge on any atom is -0.276 e. The zero-order valence-corrected chi connectivity index (χ0v) is 9.55. The van der Waals surface area contributed by atoms with Crippen molar-refractivity contribution in [3.8, 4) is 0 Å². The van der Waals surface area contributed by atoms with Gasteiger partial charge in [-0.2, -0.15) is 16.9 Å². The van der Waals surface area contributed by atoms with Gasteiger partial charge >= 0.3 is 0 Å². The van der Waals surface area contributed by atoms with Crippen LogP contribution in [0.4, 0.5) is 0 Å². The van der Waals surface area contributed by atoms with Crippen LogP contribution in [0.5, 0.6) is 0 Å². The fraction of sp³-hybridized carbons (Fsp3) is 0.667. The molecule has 0 aliphatic heterocycles. The van der Waals surface area contributed by atoms with Crippen molar-refractivity contribution in [3.05, 3.63) is 18.0 Å². The van der Waals surface area contributed by atoms with Gasteiger partial charge in [-0.15, -0.1) is 0 Å². The maximum Gasteiger partial charge on any atom is 0.0640 e. The van der Waals surface area contributed by atoms with Crippen molar-refractivity contribution in [2.45, 2.75) is 18.9 Å². The Balaban J connectivity index is 2.40. The van der Waals surface area contributed by atoms with Crippen LogP contribution >= 0.6 is 11.8 Å². The van der Waals surface area contributed by atoms with Crippen LogP contribution in [0.3, 0.4) is 0 Å². The topological polar surface area (TPSA) is 55.9 Å². The predicted octanol–water partition coefficient (Wildman–Crippen LogP) is 0.548. The monoisotopic (exact) mass is 214 g/mol. The lowest BCUT2D eigenvalue weighted by molar-refractivity contribution is 0.506. The van der Waals surface area contributed by atoms with Gasteiger partial charge in [-0.3, -0.25) is 16.0 Å². The molecule has 0 radical (unpaired) electrons. The molecule has 4 nitrogen and oxygen atoms in total. The highest BCUT2D eigenvalue weighted by Crippen LogP contribution is 2.05. The first kappa shape index (κ1) is 11.6. The van der Waals surface area contributed by atoms with Gasteiger partial charge < -0.3 is 0 Å². The minimum absolute atomic E-state index is 0.331. The molecule has 1 aromatic heterocycles. The normalized spacial score (nSPS) is 13.1. The summed E-state index contributed by atoms with van der Waals surface area (Å²) in [6.07, 6.45) is 6.04. The predicted molar refractivity (Wildman–Crippen MR) is 61.0 cm³/mol. The molecule has 0 amide bonds. The second-order valence-electron chi connectivity index (χ2n) is 3.33. The largest absolute Gasteiger partial charge is 0.276 e. The Morgan fingerprint density at radius 1 is 1.71 bits per heavy atom.